The van der Waals surface area contributed by atoms with Gasteiger partial charge in [0.1, 0.15) is 5.75 Å². The minimum absolute atomic E-state index is 0.321. The van der Waals surface area contributed by atoms with Gasteiger partial charge in [0, 0.05) is 4.47 Å². The molecule has 2 atom stereocenters. The zero-order valence-corrected chi connectivity index (χ0v) is 12.4. The molecule has 1 aromatic rings. The highest BCUT2D eigenvalue weighted by molar-refractivity contribution is 9.10. The van der Waals surface area contributed by atoms with E-state index in [1.165, 1.54) is 24.8 Å². The van der Waals surface area contributed by atoms with Crippen LogP contribution in [0.25, 0.3) is 0 Å². The molecule has 98 valence electrons. The summed E-state index contributed by atoms with van der Waals surface area (Å²) in [7, 11) is 1.74. The maximum absolute atomic E-state index is 6.08. The molecule has 2 aliphatic carbocycles. The van der Waals surface area contributed by atoms with Crippen molar-refractivity contribution in [1.29, 1.82) is 0 Å². The summed E-state index contributed by atoms with van der Waals surface area (Å²) >= 11 is 3.55. The van der Waals surface area contributed by atoms with E-state index in [-0.39, 0.29) is 0 Å². The fourth-order valence-electron chi connectivity index (χ4n) is 3.68. The molecular weight excluding hydrogens is 290 g/mol. The first-order chi connectivity index (χ1) is 8.65. The predicted octanol–water partition coefficient (Wildman–Crippen LogP) is 3.38. The number of ether oxygens (including phenoxy) is 1. The molecule has 0 aromatic heterocycles. The fraction of sp³-hybridized carbons (Fsp3) is 0.600. The Morgan fingerprint density at radius 3 is 2.72 bits per heavy atom. The van der Waals surface area contributed by atoms with E-state index in [4.69, 9.17) is 10.5 Å². The highest BCUT2D eigenvalue weighted by Crippen LogP contribution is 2.60. The molecule has 2 N–H and O–H groups in total. The smallest absolute Gasteiger partial charge is 0.122 e. The highest BCUT2D eigenvalue weighted by Gasteiger charge is 2.53. The Labute approximate surface area is 117 Å². The standard InChI is InChI=1S/C15H20BrNO/c1-18-14-3-2-13(16)5-12(14)8-15(9-17)6-10-4-11(10)7-15/h2-3,5,10-11H,4,6-9,17H2,1H3. The van der Waals surface area contributed by atoms with Crippen LogP contribution in [0.5, 0.6) is 5.75 Å². The summed E-state index contributed by atoms with van der Waals surface area (Å²) in [6.45, 7) is 0.801. The van der Waals surface area contributed by atoms with E-state index in [9.17, 15) is 0 Å². The van der Waals surface area contributed by atoms with Crippen LogP contribution in [0.15, 0.2) is 22.7 Å². The number of benzene rings is 1. The molecule has 0 amide bonds. The quantitative estimate of drug-likeness (QED) is 0.925. The van der Waals surface area contributed by atoms with Gasteiger partial charge < -0.3 is 10.5 Å². The van der Waals surface area contributed by atoms with Crippen molar-refractivity contribution in [3.05, 3.63) is 28.2 Å². The van der Waals surface area contributed by atoms with Crippen LogP contribution in [0, 0.1) is 17.3 Å². The summed E-state index contributed by atoms with van der Waals surface area (Å²) in [5.41, 5.74) is 7.69. The maximum atomic E-state index is 6.08. The number of nitrogens with two attached hydrogens (primary N) is 1. The van der Waals surface area contributed by atoms with Crippen molar-refractivity contribution in [3.8, 4) is 5.75 Å². The van der Waals surface area contributed by atoms with Gasteiger partial charge in [-0.25, -0.2) is 0 Å². The molecule has 2 unspecified atom stereocenters. The molecule has 3 rings (SSSR count). The Morgan fingerprint density at radius 2 is 2.11 bits per heavy atom. The molecule has 2 aliphatic rings. The lowest BCUT2D eigenvalue weighted by Crippen LogP contribution is -2.31. The van der Waals surface area contributed by atoms with Gasteiger partial charge in [0.2, 0.25) is 0 Å². The second-order valence-electron chi connectivity index (χ2n) is 6.00. The van der Waals surface area contributed by atoms with Crippen molar-refractivity contribution < 1.29 is 4.74 Å². The first-order valence-corrected chi connectivity index (χ1v) is 7.47. The second-order valence-corrected chi connectivity index (χ2v) is 6.92. The van der Waals surface area contributed by atoms with E-state index >= 15 is 0 Å². The average molecular weight is 310 g/mol. The zero-order valence-electron chi connectivity index (χ0n) is 10.8. The summed E-state index contributed by atoms with van der Waals surface area (Å²) in [6.07, 6.45) is 5.12. The molecule has 2 saturated carbocycles. The minimum atomic E-state index is 0.321. The average Bonchev–Trinajstić information content (AvgIpc) is 2.98. The molecule has 0 spiro atoms. The molecule has 2 nitrogen and oxygen atoms in total. The highest BCUT2D eigenvalue weighted by atomic mass is 79.9. The van der Waals surface area contributed by atoms with Crippen molar-refractivity contribution in [2.75, 3.05) is 13.7 Å². The van der Waals surface area contributed by atoms with Crippen LogP contribution >= 0.6 is 15.9 Å². The van der Waals surface area contributed by atoms with Gasteiger partial charge in [-0.05, 0) is 73.2 Å². The molecule has 3 heteroatoms. The van der Waals surface area contributed by atoms with E-state index in [0.29, 0.717) is 5.41 Å². The van der Waals surface area contributed by atoms with Crippen LogP contribution in [0.1, 0.15) is 24.8 Å². The summed E-state index contributed by atoms with van der Waals surface area (Å²) in [5.74, 6) is 2.92. The number of halogens is 1. The van der Waals surface area contributed by atoms with Crippen molar-refractivity contribution in [1.82, 2.24) is 0 Å². The predicted molar refractivity (Wildman–Crippen MR) is 76.7 cm³/mol. The summed E-state index contributed by atoms with van der Waals surface area (Å²) in [4.78, 5) is 0. The minimum Gasteiger partial charge on any atom is -0.496 e. The summed E-state index contributed by atoms with van der Waals surface area (Å²) < 4.78 is 6.60. The Bertz CT molecular complexity index is 450. The molecule has 2 fully saturated rings. The van der Waals surface area contributed by atoms with Gasteiger partial charge in [0.25, 0.3) is 0 Å². The largest absolute Gasteiger partial charge is 0.496 e. The summed E-state index contributed by atoms with van der Waals surface area (Å²) in [5, 5.41) is 0. The van der Waals surface area contributed by atoms with Crippen LogP contribution in [0.3, 0.4) is 0 Å². The van der Waals surface area contributed by atoms with Crippen LogP contribution in [0.2, 0.25) is 0 Å². The molecule has 0 aliphatic heterocycles. The first-order valence-electron chi connectivity index (χ1n) is 6.68. The molecule has 1 aromatic carbocycles. The third kappa shape index (κ3) is 2.19. The molecule has 18 heavy (non-hydrogen) atoms. The van der Waals surface area contributed by atoms with E-state index in [2.05, 4.69) is 22.0 Å². The molecule has 0 radical (unpaired) electrons. The third-order valence-electron chi connectivity index (χ3n) is 4.70. The third-order valence-corrected chi connectivity index (χ3v) is 5.19. The van der Waals surface area contributed by atoms with Gasteiger partial charge in [-0.1, -0.05) is 15.9 Å². The molecular formula is C15H20BrNO. The van der Waals surface area contributed by atoms with E-state index in [1.807, 2.05) is 12.1 Å². The van der Waals surface area contributed by atoms with Crippen molar-refractivity contribution >= 4 is 15.9 Å². The van der Waals surface area contributed by atoms with Crippen LogP contribution in [-0.2, 0) is 6.42 Å². The normalized spacial score (nSPS) is 33.3. The van der Waals surface area contributed by atoms with Gasteiger partial charge in [-0.15, -0.1) is 0 Å². The number of hydrogen-bond donors (Lipinski definition) is 1. The van der Waals surface area contributed by atoms with Crippen LogP contribution in [-0.4, -0.2) is 13.7 Å². The molecule has 0 bridgehead atoms. The van der Waals surface area contributed by atoms with Crippen LogP contribution in [0.4, 0.5) is 0 Å². The van der Waals surface area contributed by atoms with Gasteiger partial charge in [-0.3, -0.25) is 0 Å². The topological polar surface area (TPSA) is 35.2 Å². The first kappa shape index (κ1) is 12.5. The van der Waals surface area contributed by atoms with E-state index in [0.717, 1.165) is 35.0 Å². The van der Waals surface area contributed by atoms with Crippen LogP contribution < -0.4 is 10.5 Å². The monoisotopic (exact) mass is 309 g/mol. The van der Waals surface area contributed by atoms with E-state index in [1.54, 1.807) is 7.11 Å². The number of fused-ring (bicyclic) bond motifs is 1. The van der Waals surface area contributed by atoms with Crippen molar-refractivity contribution in [2.45, 2.75) is 25.7 Å². The van der Waals surface area contributed by atoms with Crippen molar-refractivity contribution in [2.24, 2.45) is 23.0 Å². The van der Waals surface area contributed by atoms with Gasteiger partial charge in [0.15, 0.2) is 0 Å². The Hall–Kier alpha value is -0.540. The maximum Gasteiger partial charge on any atom is 0.122 e. The Morgan fingerprint density at radius 1 is 1.39 bits per heavy atom. The fourth-order valence-corrected chi connectivity index (χ4v) is 4.09. The summed E-state index contributed by atoms with van der Waals surface area (Å²) in [6, 6.07) is 6.25. The lowest BCUT2D eigenvalue weighted by atomic mass is 9.77. The molecule has 0 heterocycles. The van der Waals surface area contributed by atoms with Crippen molar-refractivity contribution in [3.63, 3.8) is 0 Å². The number of rotatable bonds is 4. The number of hydrogen-bond acceptors (Lipinski definition) is 2. The van der Waals surface area contributed by atoms with Gasteiger partial charge >= 0.3 is 0 Å². The zero-order chi connectivity index (χ0) is 12.8. The lowest BCUT2D eigenvalue weighted by molar-refractivity contribution is 0.268. The SMILES string of the molecule is COc1ccc(Br)cc1CC1(CN)CC2CC2C1. The van der Waals surface area contributed by atoms with Gasteiger partial charge in [-0.2, -0.15) is 0 Å². The van der Waals surface area contributed by atoms with Gasteiger partial charge in [0.05, 0.1) is 7.11 Å². The van der Waals surface area contributed by atoms with E-state index < -0.39 is 0 Å². The Balaban J connectivity index is 1.84. The Kier molecular flexibility index (Phi) is 3.15. The number of methoxy groups -OCH3 is 1. The second kappa shape index (κ2) is 4.53. The lowest BCUT2D eigenvalue weighted by Gasteiger charge is -2.30. The molecule has 0 saturated heterocycles.